The topological polar surface area (TPSA) is 51.7 Å². The van der Waals surface area contributed by atoms with Crippen molar-refractivity contribution < 1.29 is 18.7 Å². The van der Waals surface area contributed by atoms with E-state index in [9.17, 15) is 9.18 Å². The Morgan fingerprint density at radius 1 is 1.12 bits per heavy atom. The average Bonchev–Trinajstić information content (AvgIpc) is 3.33. The summed E-state index contributed by atoms with van der Waals surface area (Å²) in [5.74, 6) is -0.419. The Hall–Kier alpha value is -2.31. The van der Waals surface area contributed by atoms with Gasteiger partial charge in [-0.1, -0.05) is 6.07 Å². The minimum atomic E-state index is -0.341. The summed E-state index contributed by atoms with van der Waals surface area (Å²) in [7, 11) is 0. The molecular formula is C19H19FN2O3. The number of rotatable bonds is 3. The lowest BCUT2D eigenvalue weighted by atomic mass is 10.1. The number of pyridine rings is 1. The van der Waals surface area contributed by atoms with Crippen LogP contribution in [0.5, 0.6) is 0 Å². The van der Waals surface area contributed by atoms with Gasteiger partial charge in [0.25, 0.3) is 5.91 Å². The van der Waals surface area contributed by atoms with Gasteiger partial charge in [0.15, 0.2) is 6.29 Å². The van der Waals surface area contributed by atoms with Gasteiger partial charge >= 0.3 is 0 Å². The predicted octanol–water partition coefficient (Wildman–Crippen LogP) is 2.87. The van der Waals surface area contributed by atoms with E-state index in [1.54, 1.807) is 29.2 Å². The van der Waals surface area contributed by atoms with E-state index < -0.39 is 0 Å². The molecule has 1 atom stereocenters. The summed E-state index contributed by atoms with van der Waals surface area (Å²) >= 11 is 0. The maximum atomic E-state index is 13.1. The van der Waals surface area contributed by atoms with Gasteiger partial charge in [-0.05, 0) is 49.2 Å². The summed E-state index contributed by atoms with van der Waals surface area (Å²) < 4.78 is 24.3. The summed E-state index contributed by atoms with van der Waals surface area (Å²) in [6.07, 6.45) is 1.46. The number of benzene rings is 1. The van der Waals surface area contributed by atoms with Gasteiger partial charge in [0.2, 0.25) is 0 Å². The molecule has 5 nitrogen and oxygen atoms in total. The van der Waals surface area contributed by atoms with Crippen LogP contribution in [0.25, 0.3) is 11.3 Å². The van der Waals surface area contributed by atoms with Gasteiger partial charge in [0.05, 0.1) is 24.9 Å². The Bertz CT molecular complexity index is 760. The largest absolute Gasteiger partial charge is 0.348 e. The predicted molar refractivity (Wildman–Crippen MR) is 89.4 cm³/mol. The Morgan fingerprint density at radius 3 is 2.64 bits per heavy atom. The molecule has 2 aliphatic heterocycles. The zero-order chi connectivity index (χ0) is 17.2. The van der Waals surface area contributed by atoms with Crippen LogP contribution in [0.4, 0.5) is 4.39 Å². The smallest absolute Gasteiger partial charge is 0.272 e. The number of carbonyl (C=O) groups excluding carboxylic acids is 1. The SMILES string of the molecule is O=C(c1cccc(-c2ccc(F)cc2)n1)N1CCCC1C1OCCO1. The Kier molecular flexibility index (Phi) is 4.46. The van der Waals surface area contributed by atoms with Crippen molar-refractivity contribution in [1.82, 2.24) is 9.88 Å². The van der Waals surface area contributed by atoms with Crippen LogP contribution in [0.15, 0.2) is 42.5 Å². The highest BCUT2D eigenvalue weighted by molar-refractivity contribution is 5.93. The molecule has 2 aromatic rings. The van der Waals surface area contributed by atoms with E-state index in [0.29, 0.717) is 31.1 Å². The van der Waals surface area contributed by atoms with Crippen LogP contribution >= 0.6 is 0 Å². The van der Waals surface area contributed by atoms with Crippen LogP contribution in [0.3, 0.4) is 0 Å². The van der Waals surface area contributed by atoms with Gasteiger partial charge in [-0.3, -0.25) is 4.79 Å². The van der Waals surface area contributed by atoms with Gasteiger partial charge in [-0.15, -0.1) is 0 Å². The summed E-state index contributed by atoms with van der Waals surface area (Å²) in [6, 6.07) is 11.3. The van der Waals surface area contributed by atoms with Gasteiger partial charge < -0.3 is 14.4 Å². The molecule has 1 amide bonds. The molecule has 0 N–H and O–H groups in total. The molecular weight excluding hydrogens is 323 g/mol. The number of hydrogen-bond acceptors (Lipinski definition) is 4. The first-order valence-corrected chi connectivity index (χ1v) is 8.49. The van der Waals surface area contributed by atoms with Crippen LogP contribution in [-0.2, 0) is 9.47 Å². The number of hydrogen-bond donors (Lipinski definition) is 0. The highest BCUT2D eigenvalue weighted by Gasteiger charge is 2.38. The zero-order valence-corrected chi connectivity index (χ0v) is 13.7. The number of aromatic nitrogens is 1. The van der Waals surface area contributed by atoms with E-state index in [4.69, 9.17) is 9.47 Å². The number of amides is 1. The molecule has 0 bridgehead atoms. The third-order valence-corrected chi connectivity index (χ3v) is 4.63. The van der Waals surface area contributed by atoms with E-state index in [-0.39, 0.29) is 24.1 Å². The first kappa shape index (κ1) is 16.2. The Morgan fingerprint density at radius 2 is 1.88 bits per heavy atom. The molecule has 130 valence electrons. The van der Waals surface area contributed by atoms with Gasteiger partial charge in [0, 0.05) is 12.1 Å². The van der Waals surface area contributed by atoms with Crippen molar-refractivity contribution >= 4 is 5.91 Å². The van der Waals surface area contributed by atoms with Crippen molar-refractivity contribution in [3.8, 4) is 11.3 Å². The monoisotopic (exact) mass is 342 g/mol. The summed E-state index contributed by atoms with van der Waals surface area (Å²) in [6.45, 7) is 1.82. The zero-order valence-electron chi connectivity index (χ0n) is 13.7. The van der Waals surface area contributed by atoms with Gasteiger partial charge in [-0.25, -0.2) is 9.37 Å². The second-order valence-corrected chi connectivity index (χ2v) is 6.23. The molecule has 0 aliphatic carbocycles. The van der Waals surface area contributed by atoms with Crippen LogP contribution in [0, 0.1) is 5.82 Å². The molecule has 2 saturated heterocycles. The van der Waals surface area contributed by atoms with E-state index in [1.807, 2.05) is 6.07 Å². The normalized spacial score (nSPS) is 21.0. The minimum Gasteiger partial charge on any atom is -0.348 e. The molecule has 1 aromatic heterocycles. The first-order chi connectivity index (χ1) is 12.2. The van der Waals surface area contributed by atoms with E-state index in [0.717, 1.165) is 18.4 Å². The van der Waals surface area contributed by atoms with Crippen LogP contribution in [0.1, 0.15) is 23.3 Å². The Labute approximate surface area is 145 Å². The molecule has 0 spiro atoms. The number of ether oxygens (including phenoxy) is 2. The molecule has 2 fully saturated rings. The third-order valence-electron chi connectivity index (χ3n) is 4.63. The van der Waals surface area contributed by atoms with E-state index in [1.165, 1.54) is 12.1 Å². The second-order valence-electron chi connectivity index (χ2n) is 6.23. The number of likely N-dealkylation sites (tertiary alicyclic amines) is 1. The molecule has 25 heavy (non-hydrogen) atoms. The standard InChI is InChI=1S/C19H19FN2O3/c20-14-8-6-13(7-9-14)15-3-1-4-16(21-15)18(23)22-10-2-5-17(22)19-24-11-12-25-19/h1,3-4,6-9,17,19H,2,5,10-12H2. The highest BCUT2D eigenvalue weighted by atomic mass is 19.1. The fourth-order valence-electron chi connectivity index (χ4n) is 3.41. The first-order valence-electron chi connectivity index (χ1n) is 8.49. The lowest BCUT2D eigenvalue weighted by molar-refractivity contribution is -0.0838. The molecule has 3 heterocycles. The Balaban J connectivity index is 1.57. The molecule has 1 unspecified atom stereocenters. The molecule has 0 saturated carbocycles. The van der Waals surface area contributed by atoms with Crippen LogP contribution in [-0.4, -0.2) is 47.9 Å². The quantitative estimate of drug-likeness (QED) is 0.861. The summed E-state index contributed by atoms with van der Waals surface area (Å²) in [4.78, 5) is 19.2. The van der Waals surface area contributed by atoms with E-state index in [2.05, 4.69) is 4.98 Å². The number of carbonyl (C=O) groups is 1. The molecule has 2 aliphatic rings. The van der Waals surface area contributed by atoms with Crippen molar-refractivity contribution in [3.63, 3.8) is 0 Å². The number of halogens is 1. The average molecular weight is 342 g/mol. The van der Waals surface area contributed by atoms with Crippen molar-refractivity contribution in [1.29, 1.82) is 0 Å². The lowest BCUT2D eigenvalue weighted by Crippen LogP contribution is -2.43. The summed E-state index contributed by atoms with van der Waals surface area (Å²) in [5, 5.41) is 0. The van der Waals surface area contributed by atoms with Crippen molar-refractivity contribution in [2.45, 2.75) is 25.2 Å². The summed E-state index contributed by atoms with van der Waals surface area (Å²) in [5.41, 5.74) is 1.80. The maximum absolute atomic E-state index is 13.1. The minimum absolute atomic E-state index is 0.0636. The highest BCUT2D eigenvalue weighted by Crippen LogP contribution is 2.27. The molecule has 6 heteroatoms. The number of nitrogens with zero attached hydrogens (tertiary/aromatic N) is 2. The fraction of sp³-hybridized carbons (Fsp3) is 0.368. The maximum Gasteiger partial charge on any atom is 0.272 e. The van der Waals surface area contributed by atoms with Crippen LogP contribution < -0.4 is 0 Å². The van der Waals surface area contributed by atoms with Gasteiger partial charge in [-0.2, -0.15) is 0 Å². The molecule has 1 aromatic carbocycles. The van der Waals surface area contributed by atoms with Crippen molar-refractivity contribution in [2.75, 3.05) is 19.8 Å². The third kappa shape index (κ3) is 3.27. The van der Waals surface area contributed by atoms with Crippen molar-refractivity contribution in [3.05, 3.63) is 54.0 Å². The lowest BCUT2D eigenvalue weighted by Gasteiger charge is -2.27. The molecule has 0 radical (unpaired) electrons. The fourth-order valence-corrected chi connectivity index (χ4v) is 3.41. The molecule has 4 rings (SSSR count). The van der Waals surface area contributed by atoms with Crippen LogP contribution in [0.2, 0.25) is 0 Å². The van der Waals surface area contributed by atoms with E-state index >= 15 is 0 Å². The van der Waals surface area contributed by atoms with Gasteiger partial charge in [0.1, 0.15) is 11.5 Å². The second kappa shape index (κ2) is 6.90. The van der Waals surface area contributed by atoms with Crippen molar-refractivity contribution in [2.24, 2.45) is 0 Å².